The third-order valence-corrected chi connectivity index (χ3v) is 4.88. The van der Waals surface area contributed by atoms with Gasteiger partial charge in [-0.3, -0.25) is 4.79 Å². The van der Waals surface area contributed by atoms with E-state index in [1.54, 1.807) is 4.90 Å². The van der Waals surface area contributed by atoms with E-state index in [0.717, 1.165) is 16.5 Å². The number of likely N-dealkylation sites (tertiary alicyclic amines) is 1. The summed E-state index contributed by atoms with van der Waals surface area (Å²) in [7, 11) is -3.66. The molecule has 1 fully saturated rings. The average Bonchev–Trinajstić information content (AvgIpc) is 2.95. The van der Waals surface area contributed by atoms with Gasteiger partial charge in [0.15, 0.2) is 0 Å². The van der Waals surface area contributed by atoms with E-state index in [4.69, 9.17) is 5.14 Å². The summed E-state index contributed by atoms with van der Waals surface area (Å²) in [5.74, 6) is -0.171. The van der Waals surface area contributed by atoms with Crippen LogP contribution in [0, 0.1) is 0 Å². The van der Waals surface area contributed by atoms with Crippen LogP contribution >= 0.6 is 0 Å². The Labute approximate surface area is 116 Å². The van der Waals surface area contributed by atoms with Crippen molar-refractivity contribution in [3.05, 3.63) is 36.0 Å². The van der Waals surface area contributed by atoms with Crippen molar-refractivity contribution in [2.45, 2.75) is 18.2 Å². The first-order chi connectivity index (χ1) is 9.43. The predicted octanol–water partition coefficient (Wildman–Crippen LogP) is 0.557. The van der Waals surface area contributed by atoms with Gasteiger partial charge in [0.25, 0.3) is 0 Å². The van der Waals surface area contributed by atoms with Gasteiger partial charge in [0, 0.05) is 31.2 Å². The van der Waals surface area contributed by atoms with Crippen molar-refractivity contribution < 1.29 is 13.2 Å². The van der Waals surface area contributed by atoms with E-state index in [1.165, 1.54) is 0 Å². The van der Waals surface area contributed by atoms with Crippen molar-refractivity contribution in [2.75, 3.05) is 6.54 Å². The molecule has 1 atom stereocenters. The van der Waals surface area contributed by atoms with Crippen LogP contribution in [0.2, 0.25) is 0 Å². The van der Waals surface area contributed by atoms with Crippen LogP contribution < -0.4 is 5.14 Å². The Kier molecular flexibility index (Phi) is 3.02. The fraction of sp³-hybridized carbons (Fsp3) is 0.308. The zero-order valence-electron chi connectivity index (χ0n) is 10.7. The highest BCUT2D eigenvalue weighted by atomic mass is 32.2. The van der Waals surface area contributed by atoms with Crippen LogP contribution in [0.15, 0.2) is 30.5 Å². The number of aromatic nitrogens is 1. The van der Waals surface area contributed by atoms with Crippen LogP contribution in [0.4, 0.5) is 0 Å². The Morgan fingerprint density at radius 2 is 2.15 bits per heavy atom. The molecule has 0 spiro atoms. The summed E-state index contributed by atoms with van der Waals surface area (Å²) in [6.45, 7) is 0.570. The number of nitrogens with zero attached hydrogens (tertiary/aromatic N) is 1. The lowest BCUT2D eigenvalue weighted by Gasteiger charge is -2.16. The van der Waals surface area contributed by atoms with Gasteiger partial charge in [0.05, 0.1) is 0 Å². The van der Waals surface area contributed by atoms with Crippen LogP contribution in [-0.4, -0.2) is 36.0 Å². The quantitative estimate of drug-likeness (QED) is 0.865. The van der Waals surface area contributed by atoms with Crippen molar-refractivity contribution in [2.24, 2.45) is 5.14 Å². The Hall–Kier alpha value is -1.86. The van der Waals surface area contributed by atoms with Crippen LogP contribution in [0.25, 0.3) is 10.9 Å². The van der Waals surface area contributed by atoms with E-state index in [2.05, 4.69) is 4.98 Å². The first-order valence-corrected chi connectivity index (χ1v) is 7.90. The monoisotopic (exact) mass is 293 g/mol. The molecule has 1 aliphatic rings. The number of rotatable bonds is 3. The molecule has 0 saturated carbocycles. The molecule has 0 aliphatic carbocycles. The number of hydrogen-bond acceptors (Lipinski definition) is 3. The number of benzene rings is 1. The van der Waals surface area contributed by atoms with Crippen LogP contribution in [0.5, 0.6) is 0 Å². The molecule has 2 heterocycles. The summed E-state index contributed by atoms with van der Waals surface area (Å²) >= 11 is 0. The maximum Gasteiger partial charge on any atom is 0.224 e. The third-order valence-electron chi connectivity index (χ3n) is 3.64. The number of sulfonamides is 1. The highest BCUT2D eigenvalue weighted by molar-refractivity contribution is 7.89. The number of carbonyl (C=O) groups excluding carboxylic acids is 1. The van der Waals surface area contributed by atoms with Gasteiger partial charge in [-0.1, -0.05) is 12.1 Å². The maximum absolute atomic E-state index is 11.8. The molecule has 20 heavy (non-hydrogen) atoms. The van der Waals surface area contributed by atoms with Gasteiger partial charge in [-0.25, -0.2) is 13.6 Å². The molecule has 1 unspecified atom stereocenters. The molecular weight excluding hydrogens is 278 g/mol. The third kappa shape index (κ3) is 2.41. The molecule has 3 rings (SSSR count). The molecule has 1 amide bonds. The summed E-state index contributed by atoms with van der Waals surface area (Å²) in [5.41, 5.74) is 1.96. The van der Waals surface area contributed by atoms with E-state index in [-0.39, 0.29) is 18.9 Å². The van der Waals surface area contributed by atoms with Gasteiger partial charge in [0.1, 0.15) is 5.25 Å². The number of aromatic amines is 1. The average molecular weight is 293 g/mol. The number of fused-ring (bicyclic) bond motifs is 1. The first-order valence-electron chi connectivity index (χ1n) is 6.29. The Morgan fingerprint density at radius 1 is 1.35 bits per heavy atom. The first kappa shape index (κ1) is 13.1. The summed E-state index contributed by atoms with van der Waals surface area (Å²) in [5, 5.41) is 5.42. The number of nitrogens with one attached hydrogen (secondary N) is 1. The molecule has 0 bridgehead atoms. The number of nitrogens with two attached hydrogens (primary N) is 1. The summed E-state index contributed by atoms with van der Waals surface area (Å²) in [4.78, 5) is 16.5. The second kappa shape index (κ2) is 4.60. The molecule has 0 radical (unpaired) electrons. The normalized spacial score (nSPS) is 19.9. The van der Waals surface area contributed by atoms with Gasteiger partial charge >= 0.3 is 0 Å². The number of carbonyl (C=O) groups is 1. The second-order valence-corrected chi connectivity index (χ2v) is 6.93. The minimum Gasteiger partial charge on any atom is -0.361 e. The lowest BCUT2D eigenvalue weighted by atomic mass is 10.1. The minimum absolute atomic E-state index is 0.0242. The molecule has 2 aromatic rings. The van der Waals surface area contributed by atoms with Crippen molar-refractivity contribution in [1.29, 1.82) is 0 Å². The van der Waals surface area contributed by atoms with Gasteiger partial charge in [0.2, 0.25) is 15.9 Å². The molecule has 1 saturated heterocycles. The van der Waals surface area contributed by atoms with E-state index < -0.39 is 15.3 Å². The van der Waals surface area contributed by atoms with Crippen molar-refractivity contribution >= 4 is 26.8 Å². The predicted molar refractivity (Wildman–Crippen MR) is 75.2 cm³/mol. The summed E-state index contributed by atoms with van der Waals surface area (Å²) in [6, 6.07) is 7.84. The highest BCUT2D eigenvalue weighted by Crippen LogP contribution is 2.21. The molecule has 3 N–H and O–H groups in total. The zero-order valence-corrected chi connectivity index (χ0v) is 11.6. The van der Waals surface area contributed by atoms with Crippen LogP contribution in [0.1, 0.15) is 12.0 Å². The maximum atomic E-state index is 11.8. The van der Waals surface area contributed by atoms with Crippen LogP contribution in [-0.2, 0) is 21.4 Å². The summed E-state index contributed by atoms with van der Waals surface area (Å²) < 4.78 is 22.6. The molecular formula is C13H15N3O3S. The van der Waals surface area contributed by atoms with E-state index in [9.17, 15) is 13.2 Å². The van der Waals surface area contributed by atoms with E-state index in [1.807, 2.05) is 30.5 Å². The standard InChI is InChI=1S/C13H15N3O3S/c14-20(18,19)11-6-13(17)16(8-11)7-9-1-2-10-3-4-15-12(10)5-9/h1-5,11,15H,6-8H2,(H2,14,18,19). The minimum atomic E-state index is -3.66. The fourth-order valence-corrected chi connectivity index (χ4v) is 3.29. The van der Waals surface area contributed by atoms with E-state index >= 15 is 0 Å². The molecule has 6 nitrogen and oxygen atoms in total. The lowest BCUT2D eigenvalue weighted by molar-refractivity contribution is -0.128. The molecule has 1 aromatic carbocycles. The highest BCUT2D eigenvalue weighted by Gasteiger charge is 2.36. The van der Waals surface area contributed by atoms with Crippen molar-refractivity contribution in [3.8, 4) is 0 Å². The lowest BCUT2D eigenvalue weighted by Crippen LogP contribution is -2.31. The number of H-pyrrole nitrogens is 1. The SMILES string of the molecule is NS(=O)(=O)C1CC(=O)N(Cc2ccc3cc[nH]c3c2)C1. The van der Waals surface area contributed by atoms with Gasteiger partial charge in [-0.2, -0.15) is 0 Å². The molecule has 7 heteroatoms. The zero-order chi connectivity index (χ0) is 14.3. The molecule has 1 aliphatic heterocycles. The Balaban J connectivity index is 1.79. The Bertz CT molecular complexity index is 766. The van der Waals surface area contributed by atoms with Gasteiger partial charge < -0.3 is 9.88 Å². The smallest absolute Gasteiger partial charge is 0.224 e. The van der Waals surface area contributed by atoms with Crippen molar-refractivity contribution in [3.63, 3.8) is 0 Å². The number of primary sulfonamides is 1. The number of hydrogen-bond donors (Lipinski definition) is 2. The van der Waals surface area contributed by atoms with Crippen LogP contribution in [0.3, 0.4) is 0 Å². The largest absolute Gasteiger partial charge is 0.361 e. The van der Waals surface area contributed by atoms with E-state index in [0.29, 0.717) is 6.54 Å². The Morgan fingerprint density at radius 3 is 2.85 bits per heavy atom. The van der Waals surface area contributed by atoms with Crippen molar-refractivity contribution in [1.82, 2.24) is 9.88 Å². The summed E-state index contributed by atoms with van der Waals surface area (Å²) in [6.07, 6.45) is 1.83. The second-order valence-electron chi connectivity index (χ2n) is 5.09. The molecule has 106 valence electrons. The topological polar surface area (TPSA) is 96.3 Å². The molecule has 1 aromatic heterocycles. The van der Waals surface area contributed by atoms with Gasteiger partial charge in [-0.05, 0) is 23.1 Å². The van der Waals surface area contributed by atoms with Gasteiger partial charge in [-0.15, -0.1) is 0 Å². The fourth-order valence-electron chi connectivity index (χ4n) is 2.52. The number of amides is 1.